The number of amides is 1. The number of benzene rings is 2. The fourth-order valence-electron chi connectivity index (χ4n) is 3.36. The second-order valence-corrected chi connectivity index (χ2v) is 6.18. The van der Waals surface area contributed by atoms with Crippen LogP contribution < -0.4 is 15.2 Å². The first-order chi connectivity index (χ1) is 12.2. The van der Waals surface area contributed by atoms with E-state index in [2.05, 4.69) is 0 Å². The second kappa shape index (κ2) is 7.57. The fourth-order valence-corrected chi connectivity index (χ4v) is 3.36. The van der Waals surface area contributed by atoms with Gasteiger partial charge >= 0.3 is 0 Å². The lowest BCUT2D eigenvalue weighted by Gasteiger charge is -2.32. The number of carbonyl (C=O) groups is 1. The van der Waals surface area contributed by atoms with E-state index >= 15 is 0 Å². The molecule has 0 radical (unpaired) electrons. The van der Waals surface area contributed by atoms with E-state index in [0.717, 1.165) is 23.3 Å². The smallest absolute Gasteiger partial charge is 0.231 e. The van der Waals surface area contributed by atoms with Gasteiger partial charge in [-0.15, -0.1) is 0 Å². The molecule has 1 unspecified atom stereocenters. The van der Waals surface area contributed by atoms with Crippen LogP contribution in [0, 0.1) is 0 Å². The Labute approximate surface area is 148 Å². The Kier molecular flexibility index (Phi) is 5.24. The summed E-state index contributed by atoms with van der Waals surface area (Å²) in [6.07, 6.45) is 0.799. The molecule has 1 aliphatic heterocycles. The highest BCUT2D eigenvalue weighted by Crippen LogP contribution is 2.34. The number of rotatable bonds is 5. The molecule has 0 aliphatic carbocycles. The number of ether oxygens (including phenoxy) is 2. The number of methoxy groups -OCH3 is 2. The summed E-state index contributed by atoms with van der Waals surface area (Å²) < 4.78 is 10.8. The first-order valence-electron chi connectivity index (χ1n) is 8.45. The van der Waals surface area contributed by atoms with Crippen molar-refractivity contribution in [1.82, 2.24) is 4.90 Å². The average Bonchev–Trinajstić information content (AvgIpc) is 2.67. The lowest BCUT2D eigenvalue weighted by atomic mass is 9.94. The average molecular weight is 340 g/mol. The van der Waals surface area contributed by atoms with E-state index in [1.165, 1.54) is 5.56 Å². The highest BCUT2D eigenvalue weighted by atomic mass is 16.5. The van der Waals surface area contributed by atoms with Crippen molar-refractivity contribution in [3.05, 3.63) is 59.2 Å². The Morgan fingerprint density at radius 3 is 2.36 bits per heavy atom. The summed E-state index contributed by atoms with van der Waals surface area (Å²) in [6, 6.07) is 13.7. The predicted octanol–water partition coefficient (Wildman–Crippen LogP) is 2.33. The third-order valence-electron chi connectivity index (χ3n) is 4.77. The van der Waals surface area contributed by atoms with Crippen molar-refractivity contribution in [3.8, 4) is 11.5 Å². The van der Waals surface area contributed by atoms with Gasteiger partial charge in [0, 0.05) is 19.6 Å². The van der Waals surface area contributed by atoms with Crippen molar-refractivity contribution in [2.75, 3.05) is 27.3 Å². The zero-order chi connectivity index (χ0) is 17.8. The van der Waals surface area contributed by atoms with Crippen LogP contribution in [0.4, 0.5) is 0 Å². The molecule has 1 aliphatic rings. The SMILES string of the molecule is COc1cc2c(cc1OC)CN(C(=O)C(CN)c1ccccc1)CC2. The molecule has 3 rings (SSSR count). The van der Waals surface area contributed by atoms with Crippen LogP contribution >= 0.6 is 0 Å². The largest absolute Gasteiger partial charge is 0.493 e. The second-order valence-electron chi connectivity index (χ2n) is 6.18. The lowest BCUT2D eigenvalue weighted by Crippen LogP contribution is -2.41. The van der Waals surface area contributed by atoms with Crippen molar-refractivity contribution in [2.45, 2.75) is 18.9 Å². The molecule has 5 nitrogen and oxygen atoms in total. The molecule has 0 saturated carbocycles. The molecule has 0 aromatic heterocycles. The fraction of sp³-hybridized carbons (Fsp3) is 0.350. The number of fused-ring (bicyclic) bond motifs is 1. The van der Waals surface area contributed by atoms with Gasteiger partial charge in [0.05, 0.1) is 20.1 Å². The van der Waals surface area contributed by atoms with Crippen LogP contribution in [-0.4, -0.2) is 38.1 Å². The molecule has 1 heterocycles. The van der Waals surface area contributed by atoms with E-state index in [-0.39, 0.29) is 11.8 Å². The highest BCUT2D eigenvalue weighted by Gasteiger charge is 2.28. The molecule has 1 atom stereocenters. The summed E-state index contributed by atoms with van der Waals surface area (Å²) in [6.45, 7) is 1.56. The molecule has 25 heavy (non-hydrogen) atoms. The van der Waals surface area contributed by atoms with Gasteiger partial charge in [0.25, 0.3) is 0 Å². The van der Waals surface area contributed by atoms with E-state index in [1.54, 1.807) is 14.2 Å². The van der Waals surface area contributed by atoms with Gasteiger partial charge in [-0.2, -0.15) is 0 Å². The number of carbonyl (C=O) groups excluding carboxylic acids is 1. The molecule has 0 fully saturated rings. The maximum absolute atomic E-state index is 13.0. The number of nitrogens with zero attached hydrogens (tertiary/aromatic N) is 1. The number of hydrogen-bond donors (Lipinski definition) is 1. The van der Waals surface area contributed by atoms with Crippen LogP contribution in [0.1, 0.15) is 22.6 Å². The predicted molar refractivity (Wildman–Crippen MR) is 96.9 cm³/mol. The van der Waals surface area contributed by atoms with Crippen LogP contribution in [0.25, 0.3) is 0 Å². The summed E-state index contributed by atoms with van der Waals surface area (Å²) in [5.74, 6) is 1.19. The van der Waals surface area contributed by atoms with Crippen LogP contribution in [0.5, 0.6) is 11.5 Å². The van der Waals surface area contributed by atoms with Crippen molar-refractivity contribution in [1.29, 1.82) is 0 Å². The normalized spacial score (nSPS) is 14.6. The molecule has 2 N–H and O–H groups in total. The summed E-state index contributed by atoms with van der Waals surface area (Å²) in [5, 5.41) is 0. The van der Waals surface area contributed by atoms with Gasteiger partial charge in [0.1, 0.15) is 0 Å². The Morgan fingerprint density at radius 2 is 1.76 bits per heavy atom. The van der Waals surface area contributed by atoms with Gasteiger partial charge < -0.3 is 20.1 Å². The van der Waals surface area contributed by atoms with Crippen LogP contribution in [0.2, 0.25) is 0 Å². The summed E-state index contributed by atoms with van der Waals surface area (Å²) >= 11 is 0. The van der Waals surface area contributed by atoms with E-state index in [1.807, 2.05) is 47.4 Å². The minimum atomic E-state index is -0.303. The summed E-state index contributed by atoms with van der Waals surface area (Å²) in [4.78, 5) is 14.9. The van der Waals surface area contributed by atoms with Gasteiger partial charge in [0.2, 0.25) is 5.91 Å². The molecular formula is C20H24N2O3. The maximum atomic E-state index is 13.0. The summed E-state index contributed by atoms with van der Waals surface area (Å²) in [5.41, 5.74) is 9.17. The molecule has 0 spiro atoms. The standard InChI is InChI=1S/C20H24N2O3/c1-24-18-10-15-8-9-22(13-16(15)11-19(18)25-2)20(23)17(12-21)14-6-4-3-5-7-14/h3-7,10-11,17H,8-9,12-13,21H2,1-2H3. The molecular weight excluding hydrogens is 316 g/mol. The van der Waals surface area contributed by atoms with Crippen LogP contribution in [-0.2, 0) is 17.8 Å². The Morgan fingerprint density at radius 1 is 1.12 bits per heavy atom. The molecule has 0 bridgehead atoms. The van der Waals surface area contributed by atoms with E-state index in [0.29, 0.717) is 25.4 Å². The zero-order valence-electron chi connectivity index (χ0n) is 14.7. The Hall–Kier alpha value is -2.53. The van der Waals surface area contributed by atoms with Crippen molar-refractivity contribution >= 4 is 5.91 Å². The Balaban J connectivity index is 1.83. The van der Waals surface area contributed by atoms with E-state index < -0.39 is 0 Å². The number of nitrogens with two attached hydrogens (primary N) is 1. The Bertz CT molecular complexity index is 746. The van der Waals surface area contributed by atoms with E-state index in [4.69, 9.17) is 15.2 Å². The van der Waals surface area contributed by atoms with Crippen molar-refractivity contribution < 1.29 is 14.3 Å². The molecule has 1 amide bonds. The van der Waals surface area contributed by atoms with Gasteiger partial charge in [-0.25, -0.2) is 0 Å². The maximum Gasteiger partial charge on any atom is 0.231 e. The topological polar surface area (TPSA) is 64.8 Å². The molecule has 132 valence electrons. The lowest BCUT2D eigenvalue weighted by molar-refractivity contribution is -0.133. The summed E-state index contributed by atoms with van der Waals surface area (Å²) in [7, 11) is 3.25. The van der Waals surface area contributed by atoms with Gasteiger partial charge in [-0.05, 0) is 35.2 Å². The minimum Gasteiger partial charge on any atom is -0.493 e. The van der Waals surface area contributed by atoms with Crippen LogP contribution in [0.15, 0.2) is 42.5 Å². The molecule has 0 saturated heterocycles. The monoisotopic (exact) mass is 340 g/mol. The molecule has 5 heteroatoms. The third kappa shape index (κ3) is 3.46. The van der Waals surface area contributed by atoms with E-state index in [9.17, 15) is 4.79 Å². The quantitative estimate of drug-likeness (QED) is 0.907. The highest BCUT2D eigenvalue weighted by molar-refractivity contribution is 5.84. The zero-order valence-corrected chi connectivity index (χ0v) is 14.7. The van der Waals surface area contributed by atoms with Gasteiger partial charge in [-0.3, -0.25) is 4.79 Å². The van der Waals surface area contributed by atoms with Crippen molar-refractivity contribution in [3.63, 3.8) is 0 Å². The van der Waals surface area contributed by atoms with Gasteiger partial charge in [0.15, 0.2) is 11.5 Å². The van der Waals surface area contributed by atoms with Gasteiger partial charge in [-0.1, -0.05) is 30.3 Å². The first-order valence-corrected chi connectivity index (χ1v) is 8.45. The van der Waals surface area contributed by atoms with Crippen LogP contribution in [0.3, 0.4) is 0 Å². The molecule has 2 aromatic carbocycles. The first kappa shape index (κ1) is 17.3. The molecule has 2 aromatic rings. The number of hydrogen-bond acceptors (Lipinski definition) is 4. The third-order valence-corrected chi connectivity index (χ3v) is 4.77. The van der Waals surface area contributed by atoms with Crippen molar-refractivity contribution in [2.24, 2.45) is 5.73 Å². The minimum absolute atomic E-state index is 0.0779.